The molecule has 0 aliphatic carbocycles. The highest BCUT2D eigenvalue weighted by atomic mass is 35.5. The van der Waals surface area contributed by atoms with Gasteiger partial charge in [-0.2, -0.15) is 0 Å². The highest BCUT2D eigenvalue weighted by Crippen LogP contribution is 2.26. The van der Waals surface area contributed by atoms with Crippen molar-refractivity contribution in [2.24, 2.45) is 11.8 Å². The minimum Gasteiger partial charge on any atom is -0.481 e. The summed E-state index contributed by atoms with van der Waals surface area (Å²) >= 11 is 6.10. The second-order valence-corrected chi connectivity index (χ2v) is 5.89. The predicted molar refractivity (Wildman–Crippen MR) is 80.3 cm³/mol. The van der Waals surface area contributed by atoms with Crippen molar-refractivity contribution in [1.82, 2.24) is 10.2 Å². The molecule has 2 amide bonds. The Balaban J connectivity index is 1.87. The lowest BCUT2D eigenvalue weighted by molar-refractivity contribution is -0.144. The summed E-state index contributed by atoms with van der Waals surface area (Å²) in [6.45, 7) is 4.51. The fraction of sp³-hybridized carbons (Fsp3) is 0.467. The van der Waals surface area contributed by atoms with Crippen LogP contribution in [0.2, 0.25) is 5.02 Å². The van der Waals surface area contributed by atoms with Gasteiger partial charge in [-0.3, -0.25) is 4.79 Å². The van der Waals surface area contributed by atoms with E-state index in [9.17, 15) is 9.59 Å². The molecule has 21 heavy (non-hydrogen) atoms. The minimum absolute atomic E-state index is 0.0314. The molecule has 1 heterocycles. The Morgan fingerprint density at radius 2 is 1.95 bits per heavy atom. The summed E-state index contributed by atoms with van der Waals surface area (Å²) in [5, 5.41) is 12.4. The third-order valence-corrected chi connectivity index (χ3v) is 4.35. The van der Waals surface area contributed by atoms with E-state index >= 15 is 0 Å². The van der Waals surface area contributed by atoms with Gasteiger partial charge in [-0.1, -0.05) is 36.7 Å². The van der Waals surface area contributed by atoms with Crippen molar-refractivity contribution in [2.75, 3.05) is 13.1 Å². The van der Waals surface area contributed by atoms with Crippen molar-refractivity contribution >= 4 is 23.6 Å². The minimum atomic E-state index is -0.815. The number of urea groups is 1. The number of nitrogens with zero attached hydrogens (tertiary/aromatic N) is 1. The first-order valence-electron chi connectivity index (χ1n) is 6.92. The zero-order chi connectivity index (χ0) is 15.6. The molecule has 1 aliphatic heterocycles. The lowest BCUT2D eigenvalue weighted by Gasteiger charge is -2.41. The molecule has 1 aromatic rings. The highest BCUT2D eigenvalue weighted by Gasteiger charge is 2.37. The van der Waals surface area contributed by atoms with E-state index in [1.165, 1.54) is 0 Å². The van der Waals surface area contributed by atoms with E-state index < -0.39 is 11.9 Å². The van der Waals surface area contributed by atoms with Crippen LogP contribution in [-0.2, 0) is 4.79 Å². The Morgan fingerprint density at radius 3 is 2.52 bits per heavy atom. The molecular formula is C15H19ClN2O3. The highest BCUT2D eigenvalue weighted by molar-refractivity contribution is 6.31. The van der Waals surface area contributed by atoms with E-state index in [1.807, 2.05) is 25.1 Å². The maximum Gasteiger partial charge on any atom is 0.317 e. The van der Waals surface area contributed by atoms with E-state index in [1.54, 1.807) is 17.9 Å². The van der Waals surface area contributed by atoms with Crippen LogP contribution in [0.1, 0.15) is 25.5 Å². The first kappa shape index (κ1) is 15.6. The van der Waals surface area contributed by atoms with Crippen LogP contribution in [0.15, 0.2) is 24.3 Å². The van der Waals surface area contributed by atoms with Crippen LogP contribution in [-0.4, -0.2) is 35.1 Å². The lowest BCUT2D eigenvalue weighted by atomic mass is 9.87. The van der Waals surface area contributed by atoms with Gasteiger partial charge in [0.2, 0.25) is 0 Å². The van der Waals surface area contributed by atoms with Gasteiger partial charge < -0.3 is 15.3 Å². The smallest absolute Gasteiger partial charge is 0.317 e. The van der Waals surface area contributed by atoms with Gasteiger partial charge in [0, 0.05) is 24.0 Å². The topological polar surface area (TPSA) is 69.6 Å². The van der Waals surface area contributed by atoms with Crippen molar-refractivity contribution in [3.63, 3.8) is 0 Å². The number of amides is 2. The lowest BCUT2D eigenvalue weighted by Crippen LogP contribution is -2.56. The second kappa shape index (κ2) is 6.35. The Labute approximate surface area is 128 Å². The van der Waals surface area contributed by atoms with Gasteiger partial charge in [0.15, 0.2) is 0 Å². The Hall–Kier alpha value is -1.75. The van der Waals surface area contributed by atoms with Crippen molar-refractivity contribution in [1.29, 1.82) is 0 Å². The summed E-state index contributed by atoms with van der Waals surface area (Å²) in [5.41, 5.74) is 0.864. The average molecular weight is 311 g/mol. The van der Waals surface area contributed by atoms with Gasteiger partial charge in [0.25, 0.3) is 0 Å². The van der Waals surface area contributed by atoms with Crippen molar-refractivity contribution in [2.45, 2.75) is 19.9 Å². The number of likely N-dealkylation sites (tertiary alicyclic amines) is 1. The van der Waals surface area contributed by atoms with Crippen LogP contribution < -0.4 is 5.32 Å². The number of carbonyl (C=O) groups is 2. The maximum absolute atomic E-state index is 12.1. The Morgan fingerprint density at radius 1 is 1.33 bits per heavy atom. The van der Waals surface area contributed by atoms with Crippen LogP contribution in [0.4, 0.5) is 4.79 Å². The maximum atomic E-state index is 12.1. The van der Waals surface area contributed by atoms with Crippen LogP contribution in [0.3, 0.4) is 0 Å². The van der Waals surface area contributed by atoms with Gasteiger partial charge in [-0.05, 0) is 18.6 Å². The van der Waals surface area contributed by atoms with Gasteiger partial charge in [-0.15, -0.1) is 0 Å². The number of carbonyl (C=O) groups excluding carboxylic acids is 1. The molecule has 1 aliphatic rings. The molecule has 6 heteroatoms. The van der Waals surface area contributed by atoms with E-state index in [-0.39, 0.29) is 18.0 Å². The number of hydrogen-bond acceptors (Lipinski definition) is 2. The first-order chi connectivity index (χ1) is 9.90. The van der Waals surface area contributed by atoms with Crippen LogP contribution >= 0.6 is 11.6 Å². The summed E-state index contributed by atoms with van der Waals surface area (Å²) in [4.78, 5) is 24.6. The number of benzene rings is 1. The van der Waals surface area contributed by atoms with Crippen molar-refractivity contribution in [3.8, 4) is 0 Å². The van der Waals surface area contributed by atoms with Crippen LogP contribution in [0.25, 0.3) is 0 Å². The van der Waals surface area contributed by atoms with Gasteiger partial charge >= 0.3 is 12.0 Å². The summed E-state index contributed by atoms with van der Waals surface area (Å²) in [6.07, 6.45) is 0. The van der Waals surface area contributed by atoms with Gasteiger partial charge in [0.05, 0.1) is 12.0 Å². The van der Waals surface area contributed by atoms with Gasteiger partial charge in [0.1, 0.15) is 0 Å². The molecule has 0 spiro atoms. The fourth-order valence-corrected chi connectivity index (χ4v) is 2.68. The van der Waals surface area contributed by atoms with Crippen molar-refractivity contribution in [3.05, 3.63) is 34.9 Å². The van der Waals surface area contributed by atoms with Crippen molar-refractivity contribution < 1.29 is 14.7 Å². The largest absolute Gasteiger partial charge is 0.481 e. The number of rotatable bonds is 4. The molecule has 2 atom stereocenters. The quantitative estimate of drug-likeness (QED) is 0.898. The second-order valence-electron chi connectivity index (χ2n) is 5.48. The molecule has 2 N–H and O–H groups in total. The SMILES string of the molecule is CC(NC(=O)N1CC(C(C)C(=O)O)C1)c1ccccc1Cl. The zero-order valence-electron chi connectivity index (χ0n) is 12.0. The number of carboxylic acid groups (broad SMARTS) is 1. The fourth-order valence-electron chi connectivity index (χ4n) is 2.38. The van der Waals surface area contributed by atoms with E-state index in [2.05, 4.69) is 5.32 Å². The first-order valence-corrected chi connectivity index (χ1v) is 7.30. The molecule has 2 rings (SSSR count). The third-order valence-electron chi connectivity index (χ3n) is 4.01. The number of halogens is 1. The molecular weight excluding hydrogens is 292 g/mol. The molecule has 114 valence electrons. The zero-order valence-corrected chi connectivity index (χ0v) is 12.8. The summed E-state index contributed by atoms with van der Waals surface area (Å²) < 4.78 is 0. The number of aliphatic carboxylic acids is 1. The molecule has 0 radical (unpaired) electrons. The van der Waals surface area contributed by atoms with Gasteiger partial charge in [-0.25, -0.2) is 4.79 Å². The molecule has 0 bridgehead atoms. The molecule has 0 aromatic heterocycles. The summed E-state index contributed by atoms with van der Waals surface area (Å²) in [6, 6.07) is 7.00. The van der Waals surface area contributed by atoms with E-state index in [4.69, 9.17) is 16.7 Å². The Kier molecular flexibility index (Phi) is 4.73. The Bertz CT molecular complexity index is 543. The van der Waals surface area contributed by atoms with Crippen LogP contribution in [0, 0.1) is 11.8 Å². The standard InChI is InChI=1S/C15H19ClN2O3/c1-9(14(19)20)11-7-18(8-11)15(21)17-10(2)12-5-3-4-6-13(12)16/h3-6,9-11H,7-8H2,1-2H3,(H,17,21)(H,19,20). The summed E-state index contributed by atoms with van der Waals surface area (Å²) in [7, 11) is 0. The molecule has 5 nitrogen and oxygen atoms in total. The predicted octanol–water partition coefficient (Wildman–Crippen LogP) is 2.76. The molecule has 0 saturated carbocycles. The third kappa shape index (κ3) is 3.47. The number of hydrogen-bond donors (Lipinski definition) is 2. The average Bonchev–Trinajstić information content (AvgIpc) is 2.36. The number of nitrogens with one attached hydrogen (secondary N) is 1. The van der Waals surface area contributed by atoms with E-state index in [0.717, 1.165) is 5.56 Å². The molecule has 1 saturated heterocycles. The molecule has 1 aromatic carbocycles. The molecule has 2 unspecified atom stereocenters. The molecule has 1 fully saturated rings. The number of carboxylic acids is 1. The van der Waals surface area contributed by atoms with Crippen LogP contribution in [0.5, 0.6) is 0 Å². The monoisotopic (exact) mass is 310 g/mol. The summed E-state index contributed by atoms with van der Waals surface area (Å²) in [5.74, 6) is -1.21. The normalized spacial score (nSPS) is 17.8. The van der Waals surface area contributed by atoms with E-state index in [0.29, 0.717) is 18.1 Å².